The molecule has 0 aromatic heterocycles. The molecule has 72 valence electrons. The first-order valence-electron chi connectivity index (χ1n) is 4.32. The fourth-order valence-corrected chi connectivity index (χ4v) is 2.25. The van der Waals surface area contributed by atoms with E-state index in [1.807, 2.05) is 16.7 Å². The largest absolute Gasteiger partial charge is 0.327 e. The molecule has 0 saturated carbocycles. The van der Waals surface area contributed by atoms with E-state index in [1.165, 1.54) is 0 Å². The van der Waals surface area contributed by atoms with Crippen molar-refractivity contribution in [2.45, 2.75) is 12.2 Å². The van der Waals surface area contributed by atoms with E-state index >= 15 is 0 Å². The van der Waals surface area contributed by atoms with Gasteiger partial charge in [0.2, 0.25) is 0 Å². The van der Waals surface area contributed by atoms with Crippen LogP contribution >= 0.6 is 11.8 Å². The van der Waals surface area contributed by atoms with Crippen LogP contribution in [0.5, 0.6) is 0 Å². The summed E-state index contributed by atoms with van der Waals surface area (Å²) in [6, 6.07) is -0.0369. The minimum atomic E-state index is -0.0369. The Morgan fingerprint density at radius 2 is 2.62 bits per heavy atom. The van der Waals surface area contributed by atoms with Crippen LogP contribution in [0, 0.1) is 12.3 Å². The molecule has 1 N–H and O–H groups in total. The zero-order chi connectivity index (χ0) is 9.68. The predicted molar refractivity (Wildman–Crippen MR) is 55.7 cm³/mol. The Hall–Kier alpha value is -0.820. The van der Waals surface area contributed by atoms with E-state index in [-0.39, 0.29) is 6.03 Å². The molecule has 1 unspecified atom stereocenters. The highest BCUT2D eigenvalue weighted by Gasteiger charge is 2.20. The van der Waals surface area contributed by atoms with Gasteiger partial charge in [0.15, 0.2) is 0 Å². The van der Waals surface area contributed by atoms with Gasteiger partial charge in [-0.3, -0.25) is 0 Å². The smallest absolute Gasteiger partial charge is 0.318 e. The molecule has 2 amide bonds. The third-order valence-electron chi connectivity index (χ3n) is 1.87. The van der Waals surface area contributed by atoms with Crippen LogP contribution in [-0.4, -0.2) is 41.6 Å². The fourth-order valence-electron chi connectivity index (χ4n) is 1.24. The molecule has 0 radical (unpaired) electrons. The van der Waals surface area contributed by atoms with E-state index in [0.29, 0.717) is 11.8 Å². The number of carbonyl (C=O) groups excluding carboxylic acids is 1. The quantitative estimate of drug-likeness (QED) is 0.631. The van der Waals surface area contributed by atoms with Crippen molar-refractivity contribution < 1.29 is 4.79 Å². The zero-order valence-electron chi connectivity index (χ0n) is 7.75. The molecule has 0 aromatic carbocycles. The van der Waals surface area contributed by atoms with Crippen LogP contribution in [0.4, 0.5) is 4.79 Å². The van der Waals surface area contributed by atoms with Crippen LogP contribution in [0.2, 0.25) is 0 Å². The number of nitrogens with zero attached hydrogens (tertiary/aromatic N) is 1. The Labute approximate surface area is 83.2 Å². The SMILES string of the molecule is C#CCNC(=O)N1CCSC(C)C1. The van der Waals surface area contributed by atoms with Crippen LogP contribution in [0.25, 0.3) is 0 Å². The summed E-state index contributed by atoms with van der Waals surface area (Å²) in [7, 11) is 0. The lowest BCUT2D eigenvalue weighted by Crippen LogP contribution is -2.46. The Balaban J connectivity index is 2.33. The van der Waals surface area contributed by atoms with Crippen LogP contribution < -0.4 is 5.32 Å². The highest BCUT2D eigenvalue weighted by Crippen LogP contribution is 2.17. The van der Waals surface area contributed by atoms with Crippen LogP contribution in [-0.2, 0) is 0 Å². The van der Waals surface area contributed by atoms with E-state index in [1.54, 1.807) is 0 Å². The maximum atomic E-state index is 11.4. The second-order valence-electron chi connectivity index (χ2n) is 2.99. The monoisotopic (exact) mass is 198 g/mol. The molecule has 0 bridgehead atoms. The van der Waals surface area contributed by atoms with Crippen molar-refractivity contribution in [2.24, 2.45) is 0 Å². The molecule has 0 aromatic rings. The summed E-state index contributed by atoms with van der Waals surface area (Å²) in [5.74, 6) is 3.40. The van der Waals surface area contributed by atoms with Gasteiger partial charge in [-0.25, -0.2) is 4.79 Å². The lowest BCUT2D eigenvalue weighted by atomic mass is 10.4. The molecule has 13 heavy (non-hydrogen) atoms. The lowest BCUT2D eigenvalue weighted by Gasteiger charge is -2.30. The summed E-state index contributed by atoms with van der Waals surface area (Å²) in [6.45, 7) is 4.09. The number of thioether (sulfide) groups is 1. The molecule has 1 fully saturated rings. The van der Waals surface area contributed by atoms with Gasteiger partial charge in [0, 0.05) is 24.1 Å². The number of carbonyl (C=O) groups is 1. The van der Waals surface area contributed by atoms with Gasteiger partial charge in [0.1, 0.15) is 0 Å². The van der Waals surface area contributed by atoms with Crippen LogP contribution in [0.15, 0.2) is 0 Å². The first-order chi connectivity index (χ1) is 6.24. The predicted octanol–water partition coefficient (Wildman–Crippen LogP) is 0.767. The third-order valence-corrected chi connectivity index (χ3v) is 3.01. The Bertz CT molecular complexity index is 224. The number of hydrogen-bond acceptors (Lipinski definition) is 2. The third kappa shape index (κ3) is 3.19. The van der Waals surface area contributed by atoms with Gasteiger partial charge in [-0.15, -0.1) is 6.42 Å². The topological polar surface area (TPSA) is 32.3 Å². The summed E-state index contributed by atoms with van der Waals surface area (Å²) in [4.78, 5) is 13.2. The van der Waals surface area contributed by atoms with E-state index in [0.717, 1.165) is 18.8 Å². The van der Waals surface area contributed by atoms with Crippen molar-refractivity contribution in [3.05, 3.63) is 0 Å². The van der Waals surface area contributed by atoms with E-state index < -0.39 is 0 Å². The number of nitrogens with one attached hydrogen (secondary N) is 1. The van der Waals surface area contributed by atoms with E-state index in [2.05, 4.69) is 18.2 Å². The highest BCUT2D eigenvalue weighted by molar-refractivity contribution is 7.99. The summed E-state index contributed by atoms with van der Waals surface area (Å²) in [5, 5.41) is 3.20. The minimum Gasteiger partial charge on any atom is -0.327 e. The van der Waals surface area contributed by atoms with Crippen molar-refractivity contribution in [1.82, 2.24) is 10.2 Å². The summed E-state index contributed by atoms with van der Waals surface area (Å²) in [5.41, 5.74) is 0. The molecule has 1 heterocycles. The van der Waals surface area contributed by atoms with Crippen molar-refractivity contribution in [3.8, 4) is 12.3 Å². The average Bonchev–Trinajstić information content (AvgIpc) is 2.14. The van der Waals surface area contributed by atoms with Gasteiger partial charge in [-0.1, -0.05) is 12.8 Å². The molecule has 1 saturated heterocycles. The lowest BCUT2D eigenvalue weighted by molar-refractivity contribution is 0.201. The van der Waals surface area contributed by atoms with Gasteiger partial charge in [-0.05, 0) is 0 Å². The molecule has 1 rings (SSSR count). The maximum Gasteiger partial charge on any atom is 0.318 e. The maximum absolute atomic E-state index is 11.4. The molecule has 1 aliphatic rings. The molecular weight excluding hydrogens is 184 g/mol. The molecule has 3 nitrogen and oxygen atoms in total. The average molecular weight is 198 g/mol. The molecule has 1 atom stereocenters. The molecule has 0 spiro atoms. The fraction of sp³-hybridized carbons (Fsp3) is 0.667. The van der Waals surface area contributed by atoms with Crippen molar-refractivity contribution in [2.75, 3.05) is 25.4 Å². The van der Waals surface area contributed by atoms with E-state index in [4.69, 9.17) is 6.42 Å². The van der Waals surface area contributed by atoms with Crippen molar-refractivity contribution in [3.63, 3.8) is 0 Å². The van der Waals surface area contributed by atoms with Gasteiger partial charge in [-0.2, -0.15) is 11.8 Å². The van der Waals surface area contributed by atoms with Crippen LogP contribution in [0.3, 0.4) is 0 Å². The first-order valence-corrected chi connectivity index (χ1v) is 5.36. The second kappa shape index (κ2) is 5.03. The number of terminal acetylenes is 1. The molecule has 1 aliphatic heterocycles. The van der Waals surface area contributed by atoms with Crippen molar-refractivity contribution in [1.29, 1.82) is 0 Å². The normalized spacial score (nSPS) is 22.2. The molecule has 4 heteroatoms. The van der Waals surface area contributed by atoms with Gasteiger partial charge < -0.3 is 10.2 Å². The molecule has 0 aliphatic carbocycles. The summed E-state index contributed by atoms with van der Waals surface area (Å²) in [6.07, 6.45) is 5.05. The van der Waals surface area contributed by atoms with Crippen molar-refractivity contribution >= 4 is 17.8 Å². The number of amides is 2. The Kier molecular flexibility index (Phi) is 3.97. The zero-order valence-corrected chi connectivity index (χ0v) is 8.56. The van der Waals surface area contributed by atoms with E-state index in [9.17, 15) is 4.79 Å². The van der Waals surface area contributed by atoms with Gasteiger partial charge in [0.25, 0.3) is 0 Å². The van der Waals surface area contributed by atoms with Gasteiger partial charge in [0.05, 0.1) is 6.54 Å². The number of hydrogen-bond donors (Lipinski definition) is 1. The van der Waals surface area contributed by atoms with Crippen LogP contribution in [0.1, 0.15) is 6.92 Å². The minimum absolute atomic E-state index is 0.0369. The standard InChI is InChI=1S/C9H14N2OS/c1-3-4-10-9(12)11-5-6-13-8(2)7-11/h1,8H,4-7H2,2H3,(H,10,12). The second-order valence-corrected chi connectivity index (χ2v) is 4.54. The molecular formula is C9H14N2OS. The van der Waals surface area contributed by atoms with Gasteiger partial charge >= 0.3 is 6.03 Å². The Morgan fingerprint density at radius 3 is 3.23 bits per heavy atom. The first kappa shape index (κ1) is 10.3. The number of urea groups is 1. The summed E-state index contributed by atoms with van der Waals surface area (Å²) < 4.78 is 0. The number of rotatable bonds is 1. The highest BCUT2D eigenvalue weighted by atomic mass is 32.2. The Morgan fingerprint density at radius 1 is 1.85 bits per heavy atom. The summed E-state index contributed by atoms with van der Waals surface area (Å²) >= 11 is 1.90.